The minimum atomic E-state index is -1.79. The van der Waals surface area contributed by atoms with Crippen molar-refractivity contribution in [3.63, 3.8) is 0 Å². The van der Waals surface area contributed by atoms with Crippen LogP contribution in [0.15, 0.2) is 168 Å². The molecule has 7 aromatic carbocycles. The molecule has 0 bridgehead atoms. The first-order chi connectivity index (χ1) is 35.5. The molecule has 1 saturated carbocycles. The van der Waals surface area contributed by atoms with E-state index >= 15 is 0 Å². The molecule has 4 aromatic heterocycles. The number of pyridine rings is 2. The predicted octanol–water partition coefficient (Wildman–Crippen LogP) is 16.7. The Morgan fingerprint density at radius 3 is 1.97 bits per heavy atom. The molecular formula is C68H65N3OSi+2. The van der Waals surface area contributed by atoms with E-state index in [1.54, 1.807) is 10.8 Å². The highest BCUT2D eigenvalue weighted by atomic mass is 28.3. The van der Waals surface area contributed by atoms with Gasteiger partial charge in [-0.25, -0.2) is 0 Å². The van der Waals surface area contributed by atoms with Gasteiger partial charge in [0.2, 0.25) is 11.7 Å². The van der Waals surface area contributed by atoms with Crippen LogP contribution in [-0.4, -0.2) is 12.6 Å². The summed E-state index contributed by atoms with van der Waals surface area (Å²) in [5.41, 5.74) is 23.1. The molecule has 2 unspecified atom stereocenters. The monoisotopic (exact) mass is 967 g/mol. The van der Waals surface area contributed by atoms with E-state index in [0.29, 0.717) is 0 Å². The lowest BCUT2D eigenvalue weighted by molar-refractivity contribution is -0.729. The molecule has 14 rings (SSSR count). The number of hydrogen-bond donors (Lipinski definition) is 0. The summed E-state index contributed by atoms with van der Waals surface area (Å²) in [6.45, 7) is 17.2. The molecular weight excluding hydrogens is 903 g/mol. The van der Waals surface area contributed by atoms with Crippen LogP contribution in [0.1, 0.15) is 117 Å². The lowest BCUT2D eigenvalue weighted by Gasteiger charge is -2.40. The van der Waals surface area contributed by atoms with E-state index in [9.17, 15) is 0 Å². The number of furan rings is 1. The van der Waals surface area contributed by atoms with Gasteiger partial charge in [0.05, 0.1) is 24.9 Å². The molecule has 5 heterocycles. The summed E-state index contributed by atoms with van der Waals surface area (Å²) in [6, 6.07) is 59.9. The number of para-hydroxylation sites is 2. The lowest BCUT2D eigenvalue weighted by atomic mass is 9.66. The van der Waals surface area contributed by atoms with Crippen molar-refractivity contribution < 1.29 is 13.4 Å². The molecule has 2 atom stereocenters. The second-order valence-electron chi connectivity index (χ2n) is 23.5. The van der Waals surface area contributed by atoms with Crippen molar-refractivity contribution in [2.75, 3.05) is 0 Å². The summed E-state index contributed by atoms with van der Waals surface area (Å²) in [5, 5.41) is 6.46. The number of hydrogen-bond acceptors (Lipinski definition) is 1. The molecule has 0 spiro atoms. The summed E-state index contributed by atoms with van der Waals surface area (Å²) >= 11 is 0. The Kier molecular flexibility index (Phi) is 10.2. The Morgan fingerprint density at radius 1 is 0.603 bits per heavy atom. The van der Waals surface area contributed by atoms with Gasteiger partial charge in [-0.1, -0.05) is 177 Å². The van der Waals surface area contributed by atoms with E-state index in [1.807, 2.05) is 0 Å². The van der Waals surface area contributed by atoms with E-state index in [4.69, 9.17) is 4.42 Å². The van der Waals surface area contributed by atoms with Crippen LogP contribution in [0.5, 0.6) is 0 Å². The Bertz CT molecular complexity index is 4000. The number of benzene rings is 7. The van der Waals surface area contributed by atoms with Gasteiger partial charge in [-0.3, -0.25) is 0 Å². The van der Waals surface area contributed by atoms with E-state index in [0.717, 1.165) is 27.9 Å². The molecule has 2 aliphatic carbocycles. The maximum atomic E-state index is 6.99. The van der Waals surface area contributed by atoms with Gasteiger partial charge in [-0.2, -0.15) is 13.5 Å². The van der Waals surface area contributed by atoms with Crippen molar-refractivity contribution in [3.8, 4) is 39.2 Å². The van der Waals surface area contributed by atoms with Gasteiger partial charge in [-0.15, -0.1) is 0 Å². The summed E-state index contributed by atoms with van der Waals surface area (Å²) in [6.07, 6.45) is 10.7. The summed E-state index contributed by atoms with van der Waals surface area (Å²) in [5.74, 6) is 1.46. The van der Waals surface area contributed by atoms with Crippen LogP contribution in [0.4, 0.5) is 0 Å². The fraction of sp³-hybridized carbons (Fsp3) is 0.265. The fourth-order valence-corrected chi connectivity index (χ4v) is 15.5. The maximum absolute atomic E-state index is 6.99. The predicted molar refractivity (Wildman–Crippen MR) is 306 cm³/mol. The van der Waals surface area contributed by atoms with Gasteiger partial charge >= 0.3 is 5.65 Å². The lowest BCUT2D eigenvalue weighted by Crippen LogP contribution is -2.60. The highest BCUT2D eigenvalue weighted by Crippen LogP contribution is 2.56. The van der Waals surface area contributed by atoms with Gasteiger partial charge in [0.15, 0.2) is 22.9 Å². The molecule has 360 valence electrons. The van der Waals surface area contributed by atoms with E-state index < -0.39 is 8.07 Å². The van der Waals surface area contributed by atoms with Crippen LogP contribution in [0.2, 0.25) is 19.6 Å². The van der Waals surface area contributed by atoms with Crippen molar-refractivity contribution in [2.45, 2.75) is 110 Å². The van der Waals surface area contributed by atoms with Crippen LogP contribution in [0, 0.1) is 5.92 Å². The second kappa shape index (κ2) is 16.7. The molecule has 1 aliphatic heterocycles. The Labute approximate surface area is 430 Å². The van der Waals surface area contributed by atoms with Gasteiger partial charge < -0.3 is 4.42 Å². The van der Waals surface area contributed by atoms with Gasteiger partial charge in [0, 0.05) is 44.1 Å². The first-order valence-electron chi connectivity index (χ1n) is 27.3. The minimum absolute atomic E-state index is 0.101. The molecule has 0 saturated heterocycles. The third kappa shape index (κ3) is 6.83. The average molecular weight is 968 g/mol. The van der Waals surface area contributed by atoms with Crippen molar-refractivity contribution in [2.24, 2.45) is 5.92 Å². The largest absolute Gasteiger partial charge is 0.456 e. The summed E-state index contributed by atoms with van der Waals surface area (Å²) < 4.78 is 15.2. The van der Waals surface area contributed by atoms with Gasteiger partial charge in [-0.05, 0) is 112 Å². The Balaban J connectivity index is 1.13. The van der Waals surface area contributed by atoms with Crippen LogP contribution < -0.4 is 14.2 Å². The smallest absolute Gasteiger partial charge is 0.300 e. The molecule has 0 N–H and O–H groups in total. The third-order valence-corrected chi connectivity index (χ3v) is 19.4. The van der Waals surface area contributed by atoms with Crippen LogP contribution >= 0.6 is 0 Å². The molecule has 3 aliphatic rings. The molecule has 1 fully saturated rings. The molecule has 11 aromatic rings. The molecule has 0 radical (unpaired) electrons. The standard InChI is InChI=1S/C68H65N3OSi/c1-41(2)51-35-47(45-25-15-10-16-26-45)36-52(42(3)4)65(51)70-57-29-19-20-30-58(57)71-67-64(55-39-61-54(38-56(55)68(70)71)53-34-46(31-32-60(53)72-61)44-23-13-9-14-24-44)63-50-28-18-17-27-49(50)59-37-48(33-43-21-11-8-12-22-43)62(73(5,6)7)40-69(59)66(63)67/h9-10,13-20,23-32,34-43,63,66H,8,11-12,21-22,33H2,1-7H3/q+2. The fourth-order valence-electron chi connectivity index (χ4n) is 13.9. The number of aromatic nitrogens is 3. The normalized spacial score (nSPS) is 16.7. The first-order valence-corrected chi connectivity index (χ1v) is 30.8. The van der Waals surface area contributed by atoms with Gasteiger partial charge in [0.1, 0.15) is 16.9 Å². The van der Waals surface area contributed by atoms with Crippen molar-refractivity contribution in [1.29, 1.82) is 0 Å². The summed E-state index contributed by atoms with van der Waals surface area (Å²) in [7, 11) is -1.79. The van der Waals surface area contributed by atoms with Crippen LogP contribution in [0.25, 0.3) is 88.6 Å². The third-order valence-electron chi connectivity index (χ3n) is 17.3. The maximum Gasteiger partial charge on any atom is 0.300 e. The topological polar surface area (TPSA) is 26.1 Å². The SMILES string of the molecule is CC(C)c1cc(-c2ccccc2)cc(C(C)C)c1-n1c2ccccc2[n+]2c3c(c4cc5oc6ccc(-c7ccccc7)cc6c5cc4c12)C1c2ccccc2-c2cc(CC4CCCCC4)c([Si](C)(C)C)c[n+]2C31. The molecule has 0 amide bonds. The molecule has 5 heteroatoms. The number of imidazole rings is 1. The molecule has 73 heavy (non-hydrogen) atoms. The highest BCUT2D eigenvalue weighted by molar-refractivity contribution is 6.89. The molecule has 4 nitrogen and oxygen atoms in total. The zero-order valence-corrected chi connectivity index (χ0v) is 44.5. The zero-order chi connectivity index (χ0) is 49.4. The van der Waals surface area contributed by atoms with Crippen molar-refractivity contribution in [3.05, 3.63) is 197 Å². The first kappa shape index (κ1) is 44.6. The van der Waals surface area contributed by atoms with Crippen LogP contribution in [0.3, 0.4) is 0 Å². The quantitative estimate of drug-likeness (QED) is 0.110. The van der Waals surface area contributed by atoms with Crippen LogP contribution in [-0.2, 0) is 6.42 Å². The van der Waals surface area contributed by atoms with E-state index in [1.165, 1.54) is 133 Å². The second-order valence-corrected chi connectivity index (χ2v) is 28.5. The highest BCUT2D eigenvalue weighted by Gasteiger charge is 2.57. The zero-order valence-electron chi connectivity index (χ0n) is 43.5. The Morgan fingerprint density at radius 2 is 1.26 bits per heavy atom. The van der Waals surface area contributed by atoms with Gasteiger partial charge in [0.25, 0.3) is 0 Å². The number of rotatable bonds is 8. The Hall–Kier alpha value is -7.08. The minimum Gasteiger partial charge on any atom is -0.456 e. The van der Waals surface area contributed by atoms with Crippen molar-refractivity contribution >= 4 is 62.7 Å². The van der Waals surface area contributed by atoms with E-state index in [-0.39, 0.29) is 23.8 Å². The van der Waals surface area contributed by atoms with E-state index in [2.05, 4.69) is 225 Å². The number of fused-ring (bicyclic) bond motifs is 19. The summed E-state index contributed by atoms with van der Waals surface area (Å²) in [4.78, 5) is 0. The van der Waals surface area contributed by atoms with Crippen molar-refractivity contribution in [1.82, 2.24) is 4.57 Å². The number of nitrogens with zero attached hydrogens (tertiary/aromatic N) is 3. The average Bonchev–Trinajstić information content (AvgIpc) is 3.95.